The lowest BCUT2D eigenvalue weighted by molar-refractivity contribution is 0.294. The molecule has 0 saturated heterocycles. The third-order valence-corrected chi connectivity index (χ3v) is 3.83. The van der Waals surface area contributed by atoms with Crippen molar-refractivity contribution in [1.82, 2.24) is 9.97 Å². The van der Waals surface area contributed by atoms with Crippen LogP contribution in [-0.4, -0.2) is 9.97 Å². The van der Waals surface area contributed by atoms with Crippen molar-refractivity contribution in [3.8, 4) is 5.75 Å². The van der Waals surface area contributed by atoms with Crippen LogP contribution in [0.1, 0.15) is 11.4 Å². The van der Waals surface area contributed by atoms with Gasteiger partial charge in [-0.2, -0.15) is 0 Å². The summed E-state index contributed by atoms with van der Waals surface area (Å²) in [7, 11) is 0. The third kappa shape index (κ3) is 2.37. The first-order chi connectivity index (χ1) is 9.63. The second-order valence-corrected chi connectivity index (χ2v) is 5.38. The van der Waals surface area contributed by atoms with Gasteiger partial charge in [-0.3, -0.25) is 4.79 Å². The number of rotatable bonds is 3. The number of H-pyrrole nitrogens is 1. The van der Waals surface area contributed by atoms with Gasteiger partial charge in [0.15, 0.2) is 0 Å². The van der Waals surface area contributed by atoms with Crippen LogP contribution < -0.4 is 16.0 Å². The molecule has 0 aliphatic rings. The molecule has 2 aromatic heterocycles. The first-order valence-corrected chi connectivity index (χ1v) is 6.97. The van der Waals surface area contributed by atoms with Gasteiger partial charge in [0.25, 0.3) is 5.56 Å². The normalized spacial score (nSPS) is 10.8. The van der Waals surface area contributed by atoms with E-state index in [-0.39, 0.29) is 12.2 Å². The number of aromatic nitrogens is 2. The molecule has 20 heavy (non-hydrogen) atoms. The summed E-state index contributed by atoms with van der Waals surface area (Å²) in [4.78, 5) is 18.9. The molecular weight excluding hydrogens is 274 g/mol. The van der Waals surface area contributed by atoms with Gasteiger partial charge in [-0.25, -0.2) is 4.98 Å². The van der Waals surface area contributed by atoms with Crippen molar-refractivity contribution in [3.63, 3.8) is 0 Å². The molecule has 0 radical (unpaired) electrons. The van der Waals surface area contributed by atoms with Gasteiger partial charge in [-0.1, -0.05) is 0 Å². The predicted molar refractivity (Wildman–Crippen MR) is 80.2 cm³/mol. The van der Waals surface area contributed by atoms with Crippen molar-refractivity contribution in [2.24, 2.45) is 0 Å². The number of nitrogens with zero attached hydrogens (tertiary/aromatic N) is 1. The summed E-state index contributed by atoms with van der Waals surface area (Å²) in [5, 5.41) is 1.85. The van der Waals surface area contributed by atoms with Gasteiger partial charge in [-0.05, 0) is 42.1 Å². The average Bonchev–Trinajstić information content (AvgIpc) is 2.86. The number of nitrogen functional groups attached to an aromatic ring is 1. The Morgan fingerprint density at radius 1 is 1.40 bits per heavy atom. The van der Waals surface area contributed by atoms with Crippen LogP contribution in [0.4, 0.5) is 5.69 Å². The van der Waals surface area contributed by atoms with Crippen molar-refractivity contribution < 1.29 is 4.74 Å². The monoisotopic (exact) mass is 287 g/mol. The fraction of sp³-hybridized carbons (Fsp3) is 0.143. The van der Waals surface area contributed by atoms with E-state index in [0.717, 1.165) is 11.3 Å². The van der Waals surface area contributed by atoms with Crippen molar-refractivity contribution in [2.75, 3.05) is 5.73 Å². The van der Waals surface area contributed by atoms with Gasteiger partial charge in [0, 0.05) is 5.69 Å². The van der Waals surface area contributed by atoms with E-state index < -0.39 is 0 Å². The zero-order valence-corrected chi connectivity index (χ0v) is 11.7. The maximum atomic E-state index is 11.8. The zero-order valence-electron chi connectivity index (χ0n) is 10.8. The van der Waals surface area contributed by atoms with Gasteiger partial charge in [-0.15, -0.1) is 11.3 Å². The molecule has 5 nitrogen and oxygen atoms in total. The quantitative estimate of drug-likeness (QED) is 0.725. The largest absolute Gasteiger partial charge is 0.485 e. The summed E-state index contributed by atoms with van der Waals surface area (Å²) in [6.45, 7) is 2.13. The standard InChI is InChI=1S/C14H13N3O2S/c1-8-6-9(15)2-3-11(8)19-7-12-16-10-4-5-20-13(10)14(18)17-12/h2-6H,7,15H2,1H3,(H,16,17,18). The molecule has 0 aliphatic heterocycles. The summed E-state index contributed by atoms with van der Waals surface area (Å²) < 4.78 is 6.31. The number of anilines is 1. The minimum atomic E-state index is -0.127. The molecule has 0 bridgehead atoms. The van der Waals surface area contributed by atoms with Gasteiger partial charge >= 0.3 is 0 Å². The maximum Gasteiger partial charge on any atom is 0.268 e. The van der Waals surface area contributed by atoms with Crippen LogP contribution in [0.2, 0.25) is 0 Å². The predicted octanol–water partition coefficient (Wildman–Crippen LogP) is 2.45. The van der Waals surface area contributed by atoms with Crippen LogP contribution >= 0.6 is 11.3 Å². The Bertz CT molecular complexity index is 823. The first-order valence-electron chi connectivity index (χ1n) is 6.09. The van der Waals surface area contributed by atoms with Crippen LogP contribution in [0.5, 0.6) is 5.75 Å². The van der Waals surface area contributed by atoms with E-state index in [2.05, 4.69) is 9.97 Å². The number of nitrogens with two attached hydrogens (primary N) is 1. The highest BCUT2D eigenvalue weighted by Gasteiger charge is 2.06. The Hall–Kier alpha value is -2.34. The summed E-state index contributed by atoms with van der Waals surface area (Å²) in [5.74, 6) is 1.24. The summed E-state index contributed by atoms with van der Waals surface area (Å²) >= 11 is 1.38. The Morgan fingerprint density at radius 2 is 2.25 bits per heavy atom. The van der Waals surface area contributed by atoms with E-state index in [0.29, 0.717) is 21.7 Å². The molecule has 0 amide bonds. The number of hydrogen-bond donors (Lipinski definition) is 2. The van der Waals surface area contributed by atoms with E-state index >= 15 is 0 Å². The van der Waals surface area contributed by atoms with Gasteiger partial charge < -0.3 is 15.5 Å². The number of fused-ring (bicyclic) bond motifs is 1. The molecule has 3 rings (SSSR count). The highest BCUT2D eigenvalue weighted by Crippen LogP contribution is 2.21. The van der Waals surface area contributed by atoms with Crippen LogP contribution in [0.15, 0.2) is 34.4 Å². The molecule has 0 spiro atoms. The fourth-order valence-electron chi connectivity index (χ4n) is 1.97. The SMILES string of the molecule is Cc1cc(N)ccc1OCc1nc2ccsc2c(=O)[nH]1. The van der Waals surface area contributed by atoms with Crippen molar-refractivity contribution in [3.05, 3.63) is 51.4 Å². The van der Waals surface area contributed by atoms with E-state index in [1.807, 2.05) is 30.5 Å². The topological polar surface area (TPSA) is 81.0 Å². The van der Waals surface area contributed by atoms with Crippen LogP contribution in [0, 0.1) is 6.92 Å². The number of aromatic amines is 1. The summed E-state index contributed by atoms with van der Waals surface area (Å²) in [5.41, 5.74) is 7.91. The zero-order chi connectivity index (χ0) is 14.1. The molecule has 3 N–H and O–H groups in total. The van der Waals surface area contributed by atoms with Gasteiger partial charge in [0.2, 0.25) is 0 Å². The van der Waals surface area contributed by atoms with Crippen molar-refractivity contribution >= 4 is 27.2 Å². The molecule has 0 fully saturated rings. The molecule has 2 heterocycles. The molecular formula is C14H13N3O2S. The fourth-order valence-corrected chi connectivity index (χ4v) is 2.70. The third-order valence-electron chi connectivity index (χ3n) is 2.93. The second-order valence-electron chi connectivity index (χ2n) is 4.46. The van der Waals surface area contributed by atoms with Crippen LogP contribution in [0.3, 0.4) is 0 Å². The first kappa shape index (κ1) is 12.7. The Balaban J connectivity index is 1.84. The molecule has 0 atom stereocenters. The lowest BCUT2D eigenvalue weighted by Gasteiger charge is -2.09. The lowest BCUT2D eigenvalue weighted by atomic mass is 10.2. The number of thiophene rings is 1. The second kappa shape index (κ2) is 4.97. The highest BCUT2D eigenvalue weighted by atomic mass is 32.1. The van der Waals surface area contributed by atoms with Crippen molar-refractivity contribution in [1.29, 1.82) is 0 Å². The summed E-state index contributed by atoms with van der Waals surface area (Å²) in [6, 6.07) is 7.26. The molecule has 0 unspecified atom stereocenters. The van der Waals surface area contributed by atoms with E-state index in [1.54, 1.807) is 6.07 Å². The minimum Gasteiger partial charge on any atom is -0.485 e. The maximum absolute atomic E-state index is 11.8. The Kier molecular flexibility index (Phi) is 3.15. The number of aryl methyl sites for hydroxylation is 1. The van der Waals surface area contributed by atoms with Gasteiger partial charge in [0.05, 0.1) is 5.52 Å². The summed E-state index contributed by atoms with van der Waals surface area (Å²) in [6.07, 6.45) is 0. The molecule has 0 aliphatic carbocycles. The highest BCUT2D eigenvalue weighted by molar-refractivity contribution is 7.17. The van der Waals surface area contributed by atoms with E-state index in [4.69, 9.17) is 10.5 Å². The van der Waals surface area contributed by atoms with E-state index in [9.17, 15) is 4.79 Å². The lowest BCUT2D eigenvalue weighted by Crippen LogP contribution is -2.12. The number of hydrogen-bond acceptors (Lipinski definition) is 5. The molecule has 3 aromatic rings. The van der Waals surface area contributed by atoms with Crippen molar-refractivity contribution in [2.45, 2.75) is 13.5 Å². The minimum absolute atomic E-state index is 0.127. The molecule has 1 aromatic carbocycles. The van der Waals surface area contributed by atoms with Gasteiger partial charge in [0.1, 0.15) is 22.9 Å². The van der Waals surface area contributed by atoms with Crippen LogP contribution in [0.25, 0.3) is 10.2 Å². The average molecular weight is 287 g/mol. The Morgan fingerprint density at radius 3 is 3.05 bits per heavy atom. The molecule has 6 heteroatoms. The number of nitrogens with one attached hydrogen (secondary N) is 1. The molecule has 102 valence electrons. The number of benzene rings is 1. The van der Waals surface area contributed by atoms with Crippen LogP contribution in [-0.2, 0) is 6.61 Å². The Labute approximate surface area is 119 Å². The number of ether oxygens (including phenoxy) is 1. The smallest absolute Gasteiger partial charge is 0.268 e. The molecule has 0 saturated carbocycles. The van der Waals surface area contributed by atoms with E-state index in [1.165, 1.54) is 11.3 Å².